The van der Waals surface area contributed by atoms with Crippen LogP contribution in [0.5, 0.6) is 0 Å². The summed E-state index contributed by atoms with van der Waals surface area (Å²) >= 11 is 0. The molecule has 2 aromatic carbocycles. The van der Waals surface area contributed by atoms with Crippen molar-refractivity contribution in [3.05, 3.63) is 76.0 Å². The highest BCUT2D eigenvalue weighted by atomic mass is 16.6. The number of methoxy groups -OCH3 is 3. The Labute approximate surface area is 194 Å². The summed E-state index contributed by atoms with van der Waals surface area (Å²) in [5.41, 5.74) is 4.86. The number of hydrogen-bond donors (Lipinski definition) is 0. The number of aryl methyl sites for hydroxylation is 2. The second kappa shape index (κ2) is 12.1. The van der Waals surface area contributed by atoms with E-state index in [9.17, 15) is 9.59 Å². The molecule has 2 aromatic rings. The van der Waals surface area contributed by atoms with Crippen LogP contribution in [0.4, 0.5) is 0 Å². The first-order chi connectivity index (χ1) is 15.8. The van der Waals surface area contributed by atoms with Crippen LogP contribution in [0.3, 0.4) is 0 Å². The number of oxime groups is 1. The summed E-state index contributed by atoms with van der Waals surface area (Å²) in [6, 6.07) is 10.9. The molecule has 7 nitrogen and oxygen atoms in total. The molecule has 0 unspecified atom stereocenters. The van der Waals surface area contributed by atoms with Crippen LogP contribution in [0.15, 0.2) is 47.8 Å². The molecule has 0 aliphatic rings. The average molecular weight is 450 g/mol. The van der Waals surface area contributed by atoms with E-state index in [2.05, 4.69) is 17.0 Å². The van der Waals surface area contributed by atoms with Crippen molar-refractivity contribution in [2.24, 2.45) is 5.16 Å². The number of ether oxygens (including phenoxy) is 3. The molecular weight excluding hydrogens is 422 g/mol. The van der Waals surface area contributed by atoms with Gasteiger partial charge in [0.25, 0.3) is 0 Å². The average Bonchev–Trinajstić information content (AvgIpc) is 2.81. The van der Waals surface area contributed by atoms with Crippen LogP contribution in [0, 0.1) is 25.7 Å². The number of rotatable bonds is 7. The molecule has 0 heterocycles. The lowest BCUT2D eigenvalue weighted by atomic mass is 9.97. The van der Waals surface area contributed by atoms with Gasteiger partial charge in [-0.1, -0.05) is 40.9 Å². The molecule has 0 amide bonds. The summed E-state index contributed by atoms with van der Waals surface area (Å²) in [6.45, 7) is 5.60. The highest BCUT2D eigenvalue weighted by molar-refractivity contribution is 6.16. The second-order valence-corrected chi connectivity index (χ2v) is 7.10. The first kappa shape index (κ1) is 25.2. The van der Waals surface area contributed by atoms with Crippen LogP contribution in [0.1, 0.15) is 45.1 Å². The Balaban J connectivity index is 2.25. The van der Waals surface area contributed by atoms with Gasteiger partial charge in [0, 0.05) is 11.1 Å². The molecule has 33 heavy (non-hydrogen) atoms. The molecule has 0 fully saturated rings. The summed E-state index contributed by atoms with van der Waals surface area (Å²) in [7, 11) is 4.10. The van der Waals surface area contributed by atoms with Crippen LogP contribution in [-0.2, 0) is 30.4 Å². The molecule has 2 rings (SSSR count). The predicted molar refractivity (Wildman–Crippen MR) is 125 cm³/mol. The first-order valence-corrected chi connectivity index (χ1v) is 10.1. The third-order valence-electron chi connectivity index (χ3n) is 4.71. The predicted octanol–water partition coefficient (Wildman–Crippen LogP) is 4.19. The molecule has 0 saturated heterocycles. The van der Waals surface area contributed by atoms with E-state index in [1.54, 1.807) is 25.1 Å². The summed E-state index contributed by atoms with van der Waals surface area (Å²) in [5.74, 6) is 4.85. The molecule has 7 heteroatoms. The van der Waals surface area contributed by atoms with E-state index in [-0.39, 0.29) is 12.2 Å². The summed E-state index contributed by atoms with van der Waals surface area (Å²) in [4.78, 5) is 29.7. The minimum atomic E-state index is -0.520. The molecule has 0 saturated carbocycles. The summed E-state index contributed by atoms with van der Waals surface area (Å²) in [5, 5.41) is 4.06. The summed E-state index contributed by atoms with van der Waals surface area (Å²) < 4.78 is 14.7. The van der Waals surface area contributed by atoms with Crippen molar-refractivity contribution in [1.29, 1.82) is 0 Å². The highest BCUT2D eigenvalue weighted by Gasteiger charge is 2.18. The quantitative estimate of drug-likeness (QED) is 0.157. The molecule has 0 radical (unpaired) electrons. The van der Waals surface area contributed by atoms with Crippen molar-refractivity contribution < 1.29 is 28.6 Å². The van der Waals surface area contributed by atoms with Crippen LogP contribution in [0.25, 0.3) is 5.57 Å². The largest absolute Gasteiger partial charge is 0.503 e. The molecular formula is C26H27NO6. The Morgan fingerprint density at radius 3 is 2.45 bits per heavy atom. The smallest absolute Gasteiger partial charge is 0.341 e. The first-order valence-electron chi connectivity index (χ1n) is 10.1. The van der Waals surface area contributed by atoms with Crippen LogP contribution in [0.2, 0.25) is 0 Å². The minimum Gasteiger partial charge on any atom is -0.503 e. The molecule has 172 valence electrons. The van der Waals surface area contributed by atoms with Gasteiger partial charge in [-0.05, 0) is 50.0 Å². The van der Waals surface area contributed by atoms with Crippen LogP contribution in [-0.4, -0.2) is 39.0 Å². The lowest BCUT2D eigenvalue weighted by molar-refractivity contribution is -0.133. The van der Waals surface area contributed by atoms with Gasteiger partial charge in [-0.2, -0.15) is 0 Å². The van der Waals surface area contributed by atoms with Gasteiger partial charge < -0.3 is 19.0 Å². The monoisotopic (exact) mass is 449 g/mol. The van der Waals surface area contributed by atoms with E-state index in [1.165, 1.54) is 27.6 Å². The SMILES string of the molecule is CO/C=C(/C(=O)OC)c1cccc(C)c1CO/N=C(\C)C#Cc1ccc(C)cc1C(=O)OC. The van der Waals surface area contributed by atoms with E-state index < -0.39 is 11.9 Å². The number of esters is 2. The standard InChI is InChI=1S/C26H27NO6/c1-17-10-12-20(22(14-17)25(28)31-5)13-11-19(3)27-33-16-23-18(2)8-7-9-21(23)24(15-30-4)26(29)32-6/h7-10,12,14-15H,16H2,1-6H3/b24-15+,27-19+. The van der Waals surface area contributed by atoms with Gasteiger partial charge in [0.2, 0.25) is 0 Å². The van der Waals surface area contributed by atoms with Crippen molar-refractivity contribution in [2.75, 3.05) is 21.3 Å². The molecule has 0 aromatic heterocycles. The van der Waals surface area contributed by atoms with Crippen molar-refractivity contribution in [3.63, 3.8) is 0 Å². The maximum absolute atomic E-state index is 12.2. The van der Waals surface area contributed by atoms with Crippen molar-refractivity contribution in [2.45, 2.75) is 27.4 Å². The Morgan fingerprint density at radius 2 is 1.79 bits per heavy atom. The van der Waals surface area contributed by atoms with Crippen LogP contribution < -0.4 is 0 Å². The molecule has 0 bridgehead atoms. The van der Waals surface area contributed by atoms with E-state index in [1.807, 2.05) is 32.0 Å². The Morgan fingerprint density at radius 1 is 1.03 bits per heavy atom. The topological polar surface area (TPSA) is 83.4 Å². The number of nitrogens with zero attached hydrogens (tertiary/aromatic N) is 1. The van der Waals surface area contributed by atoms with E-state index in [4.69, 9.17) is 19.0 Å². The Bertz CT molecular complexity index is 1150. The zero-order chi connectivity index (χ0) is 24.4. The molecule has 0 spiro atoms. The summed E-state index contributed by atoms with van der Waals surface area (Å²) in [6.07, 6.45) is 1.34. The zero-order valence-electron chi connectivity index (χ0n) is 19.6. The van der Waals surface area contributed by atoms with E-state index in [0.29, 0.717) is 22.4 Å². The van der Waals surface area contributed by atoms with Crippen molar-refractivity contribution in [1.82, 2.24) is 0 Å². The van der Waals surface area contributed by atoms with Gasteiger partial charge in [-0.3, -0.25) is 0 Å². The fraction of sp³-hybridized carbons (Fsp3) is 0.269. The maximum atomic E-state index is 12.2. The normalized spacial score (nSPS) is 11.2. The Hall–Kier alpha value is -4.05. The molecule has 0 aliphatic heterocycles. The highest BCUT2D eigenvalue weighted by Crippen LogP contribution is 2.24. The lowest BCUT2D eigenvalue weighted by Crippen LogP contribution is -2.08. The van der Waals surface area contributed by atoms with Gasteiger partial charge in [-0.15, -0.1) is 0 Å². The van der Waals surface area contributed by atoms with Gasteiger partial charge >= 0.3 is 11.9 Å². The number of benzene rings is 2. The van der Waals surface area contributed by atoms with Gasteiger partial charge in [0.1, 0.15) is 17.9 Å². The minimum absolute atomic E-state index is 0.108. The van der Waals surface area contributed by atoms with Crippen molar-refractivity contribution in [3.8, 4) is 11.8 Å². The van der Waals surface area contributed by atoms with E-state index >= 15 is 0 Å². The maximum Gasteiger partial charge on any atom is 0.341 e. The van der Waals surface area contributed by atoms with Gasteiger partial charge in [-0.25, -0.2) is 9.59 Å². The molecule has 0 N–H and O–H groups in total. The fourth-order valence-electron chi connectivity index (χ4n) is 3.02. The second-order valence-electron chi connectivity index (χ2n) is 7.10. The van der Waals surface area contributed by atoms with Crippen LogP contribution >= 0.6 is 0 Å². The number of carbonyl (C=O) groups is 2. The fourth-order valence-corrected chi connectivity index (χ4v) is 3.02. The Kier molecular flexibility index (Phi) is 9.25. The van der Waals surface area contributed by atoms with Crippen molar-refractivity contribution >= 4 is 23.2 Å². The van der Waals surface area contributed by atoms with E-state index in [0.717, 1.165) is 16.7 Å². The number of carbonyl (C=O) groups excluding carboxylic acids is 2. The lowest BCUT2D eigenvalue weighted by Gasteiger charge is -2.13. The van der Waals surface area contributed by atoms with Gasteiger partial charge in [0.15, 0.2) is 0 Å². The van der Waals surface area contributed by atoms with Gasteiger partial charge in [0.05, 0.1) is 33.2 Å². The molecule has 0 aliphatic carbocycles. The molecule has 0 atom stereocenters. The third kappa shape index (κ3) is 6.71. The zero-order valence-corrected chi connectivity index (χ0v) is 19.6. The number of hydrogen-bond acceptors (Lipinski definition) is 7. The third-order valence-corrected chi connectivity index (χ3v) is 4.71.